The van der Waals surface area contributed by atoms with Crippen LogP contribution in [0.5, 0.6) is 0 Å². The average Bonchev–Trinajstić information content (AvgIpc) is 2.28. The van der Waals surface area contributed by atoms with Crippen molar-refractivity contribution in [2.24, 2.45) is 11.5 Å². The predicted molar refractivity (Wildman–Crippen MR) is 66.6 cm³/mol. The van der Waals surface area contributed by atoms with Gasteiger partial charge in [0.05, 0.1) is 23.0 Å². The standard InChI is InChI=1S/C11H11ClN4O2/c12-8-3-7(2-1-6(8)5-13)16-11(18)9(14)4-10(15)17/h1-3,9H,4,14H2,(H2,15,17)(H,16,18). The summed E-state index contributed by atoms with van der Waals surface area (Å²) < 4.78 is 0. The number of nitrogens with zero attached hydrogens (tertiary/aromatic N) is 1. The van der Waals surface area contributed by atoms with Crippen molar-refractivity contribution in [1.29, 1.82) is 5.26 Å². The Morgan fingerprint density at radius 1 is 1.50 bits per heavy atom. The monoisotopic (exact) mass is 266 g/mol. The highest BCUT2D eigenvalue weighted by Gasteiger charge is 2.16. The van der Waals surface area contributed by atoms with Crippen LogP contribution in [0.3, 0.4) is 0 Å². The van der Waals surface area contributed by atoms with E-state index >= 15 is 0 Å². The summed E-state index contributed by atoms with van der Waals surface area (Å²) in [5, 5.41) is 11.4. The molecular formula is C11H11ClN4O2. The summed E-state index contributed by atoms with van der Waals surface area (Å²) in [5.41, 5.74) is 11.1. The van der Waals surface area contributed by atoms with Gasteiger partial charge in [-0.05, 0) is 18.2 Å². The molecule has 1 unspecified atom stereocenters. The molecule has 1 atom stereocenters. The molecule has 18 heavy (non-hydrogen) atoms. The fraction of sp³-hybridized carbons (Fsp3) is 0.182. The van der Waals surface area contributed by atoms with Crippen LogP contribution in [0.25, 0.3) is 0 Å². The Bertz CT molecular complexity index is 524. The van der Waals surface area contributed by atoms with Crippen LogP contribution in [0, 0.1) is 11.3 Å². The molecule has 0 aliphatic heterocycles. The minimum absolute atomic E-state index is 0.221. The smallest absolute Gasteiger partial charge is 0.241 e. The van der Waals surface area contributed by atoms with Gasteiger partial charge in [0.2, 0.25) is 11.8 Å². The zero-order valence-electron chi connectivity index (χ0n) is 9.31. The number of carbonyl (C=O) groups excluding carboxylic acids is 2. The summed E-state index contributed by atoms with van der Waals surface area (Å²) in [6, 6.07) is 5.29. The molecule has 0 radical (unpaired) electrons. The van der Waals surface area contributed by atoms with E-state index in [0.29, 0.717) is 11.3 Å². The van der Waals surface area contributed by atoms with Crippen molar-refractivity contribution in [3.63, 3.8) is 0 Å². The number of benzene rings is 1. The molecule has 1 rings (SSSR count). The maximum Gasteiger partial charge on any atom is 0.241 e. The fourth-order valence-electron chi connectivity index (χ4n) is 1.23. The highest BCUT2D eigenvalue weighted by Crippen LogP contribution is 2.20. The number of nitrogens with two attached hydrogens (primary N) is 2. The Labute approximate surface area is 109 Å². The number of hydrogen-bond donors (Lipinski definition) is 3. The lowest BCUT2D eigenvalue weighted by atomic mass is 10.2. The molecule has 0 fully saturated rings. The number of anilines is 1. The SMILES string of the molecule is N#Cc1ccc(NC(=O)C(N)CC(N)=O)cc1Cl. The van der Waals surface area contributed by atoms with E-state index in [1.54, 1.807) is 0 Å². The zero-order chi connectivity index (χ0) is 13.7. The first kappa shape index (κ1) is 14.0. The Kier molecular flexibility index (Phi) is 4.66. The summed E-state index contributed by atoms with van der Waals surface area (Å²) in [6.07, 6.45) is -0.240. The fourth-order valence-corrected chi connectivity index (χ4v) is 1.45. The third-order valence-electron chi connectivity index (χ3n) is 2.11. The maximum absolute atomic E-state index is 11.6. The quantitative estimate of drug-likeness (QED) is 0.728. The van der Waals surface area contributed by atoms with Gasteiger partial charge in [-0.25, -0.2) is 0 Å². The van der Waals surface area contributed by atoms with E-state index in [4.69, 9.17) is 28.3 Å². The molecule has 0 saturated heterocycles. The lowest BCUT2D eigenvalue weighted by Gasteiger charge is -2.10. The normalized spacial score (nSPS) is 11.4. The molecule has 0 aliphatic carbocycles. The lowest BCUT2D eigenvalue weighted by molar-refractivity contribution is -0.123. The molecule has 0 heterocycles. The minimum Gasteiger partial charge on any atom is -0.370 e. The van der Waals surface area contributed by atoms with Crippen LogP contribution >= 0.6 is 11.6 Å². The number of primary amides is 1. The number of rotatable bonds is 4. The van der Waals surface area contributed by atoms with E-state index in [9.17, 15) is 9.59 Å². The zero-order valence-corrected chi connectivity index (χ0v) is 10.1. The molecule has 1 aromatic rings. The number of nitriles is 1. The van der Waals surface area contributed by atoms with E-state index in [-0.39, 0.29) is 11.4 Å². The molecule has 0 saturated carbocycles. The van der Waals surface area contributed by atoms with Gasteiger partial charge in [0, 0.05) is 5.69 Å². The van der Waals surface area contributed by atoms with Crippen LogP contribution in [-0.4, -0.2) is 17.9 Å². The summed E-state index contributed by atoms with van der Waals surface area (Å²) >= 11 is 5.80. The van der Waals surface area contributed by atoms with E-state index in [1.165, 1.54) is 18.2 Å². The summed E-state index contributed by atoms with van der Waals surface area (Å²) in [4.78, 5) is 22.2. The van der Waals surface area contributed by atoms with Crippen LogP contribution in [0.2, 0.25) is 5.02 Å². The minimum atomic E-state index is -1.02. The van der Waals surface area contributed by atoms with Gasteiger partial charge >= 0.3 is 0 Å². The van der Waals surface area contributed by atoms with Gasteiger partial charge in [0.15, 0.2) is 0 Å². The third kappa shape index (κ3) is 3.73. The van der Waals surface area contributed by atoms with Crippen LogP contribution in [0.4, 0.5) is 5.69 Å². The molecular weight excluding hydrogens is 256 g/mol. The van der Waals surface area contributed by atoms with Crippen LogP contribution in [0.15, 0.2) is 18.2 Å². The second-order valence-electron chi connectivity index (χ2n) is 3.57. The Morgan fingerprint density at radius 3 is 2.67 bits per heavy atom. The average molecular weight is 267 g/mol. The van der Waals surface area contributed by atoms with Crippen molar-refractivity contribution in [3.8, 4) is 6.07 Å². The van der Waals surface area contributed by atoms with E-state index in [0.717, 1.165) is 0 Å². The van der Waals surface area contributed by atoms with Gasteiger partial charge in [-0.1, -0.05) is 11.6 Å². The van der Waals surface area contributed by atoms with E-state index < -0.39 is 17.9 Å². The maximum atomic E-state index is 11.6. The van der Waals surface area contributed by atoms with Gasteiger partial charge < -0.3 is 16.8 Å². The Hall–Kier alpha value is -2.10. The number of carbonyl (C=O) groups is 2. The van der Waals surface area contributed by atoms with Crippen molar-refractivity contribution in [3.05, 3.63) is 28.8 Å². The second-order valence-corrected chi connectivity index (χ2v) is 3.98. The molecule has 1 aromatic carbocycles. The number of nitrogens with one attached hydrogen (secondary N) is 1. The van der Waals surface area contributed by atoms with Crippen molar-refractivity contribution >= 4 is 29.1 Å². The topological polar surface area (TPSA) is 122 Å². The molecule has 0 spiro atoms. The largest absolute Gasteiger partial charge is 0.370 e. The first-order chi connectivity index (χ1) is 8.43. The summed E-state index contributed by atoms with van der Waals surface area (Å²) in [5.74, 6) is -1.20. The van der Waals surface area contributed by atoms with Crippen LogP contribution in [-0.2, 0) is 9.59 Å². The Balaban J connectivity index is 2.74. The van der Waals surface area contributed by atoms with Crippen LogP contribution in [0.1, 0.15) is 12.0 Å². The van der Waals surface area contributed by atoms with Crippen molar-refractivity contribution in [1.82, 2.24) is 0 Å². The molecule has 0 bridgehead atoms. The molecule has 0 aliphatic rings. The Morgan fingerprint density at radius 2 is 2.17 bits per heavy atom. The first-order valence-corrected chi connectivity index (χ1v) is 5.36. The van der Waals surface area contributed by atoms with Gasteiger partial charge in [-0.15, -0.1) is 0 Å². The highest BCUT2D eigenvalue weighted by atomic mass is 35.5. The third-order valence-corrected chi connectivity index (χ3v) is 2.43. The summed E-state index contributed by atoms with van der Waals surface area (Å²) in [6.45, 7) is 0. The van der Waals surface area contributed by atoms with E-state index in [2.05, 4.69) is 5.32 Å². The van der Waals surface area contributed by atoms with E-state index in [1.807, 2.05) is 6.07 Å². The first-order valence-electron chi connectivity index (χ1n) is 4.98. The molecule has 2 amide bonds. The van der Waals surface area contributed by atoms with Crippen molar-refractivity contribution in [2.45, 2.75) is 12.5 Å². The molecule has 5 N–H and O–H groups in total. The highest BCUT2D eigenvalue weighted by molar-refractivity contribution is 6.32. The van der Waals surface area contributed by atoms with Gasteiger partial charge in [-0.2, -0.15) is 5.26 Å². The van der Waals surface area contributed by atoms with Crippen molar-refractivity contribution in [2.75, 3.05) is 5.32 Å². The number of amides is 2. The predicted octanol–water partition coefficient (Wildman–Crippen LogP) is 0.353. The summed E-state index contributed by atoms with van der Waals surface area (Å²) in [7, 11) is 0. The van der Waals surface area contributed by atoms with Gasteiger partial charge in [-0.3, -0.25) is 9.59 Å². The lowest BCUT2D eigenvalue weighted by Crippen LogP contribution is -2.38. The van der Waals surface area contributed by atoms with Crippen molar-refractivity contribution < 1.29 is 9.59 Å². The van der Waals surface area contributed by atoms with Crippen LogP contribution < -0.4 is 16.8 Å². The van der Waals surface area contributed by atoms with Gasteiger partial charge in [0.1, 0.15) is 6.07 Å². The molecule has 0 aromatic heterocycles. The molecule has 7 heteroatoms. The second kappa shape index (κ2) is 6.00. The number of halogens is 1. The molecule has 94 valence electrons. The number of hydrogen-bond acceptors (Lipinski definition) is 4. The van der Waals surface area contributed by atoms with Gasteiger partial charge in [0.25, 0.3) is 0 Å². The molecule has 6 nitrogen and oxygen atoms in total.